The molecule has 4 N–H and O–H groups in total. The van der Waals surface area contributed by atoms with Crippen LogP contribution >= 0.6 is 0 Å². The van der Waals surface area contributed by atoms with Gasteiger partial charge in [0.2, 0.25) is 5.91 Å². The summed E-state index contributed by atoms with van der Waals surface area (Å²) in [5.74, 6) is -1.65. The molecule has 0 fully saturated rings. The number of carbonyl (C=O) groups is 1. The second-order valence-electron chi connectivity index (χ2n) is 14.1. The van der Waals surface area contributed by atoms with Crippen molar-refractivity contribution in [3.63, 3.8) is 0 Å². The maximum Gasteiger partial charge on any atom is 0.267 e. The van der Waals surface area contributed by atoms with Crippen molar-refractivity contribution in [1.29, 1.82) is 0 Å². The van der Waals surface area contributed by atoms with E-state index in [0.29, 0.717) is 12.8 Å². The first-order chi connectivity index (χ1) is 24.2. The van der Waals surface area contributed by atoms with Crippen molar-refractivity contribution >= 4 is 16.0 Å². The predicted octanol–water partition coefficient (Wildman–Crippen LogP) is 10.9. The highest BCUT2D eigenvalue weighted by atomic mass is 32.2. The van der Waals surface area contributed by atoms with Gasteiger partial charge in [-0.05, 0) is 44.9 Å². The molecule has 3 atom stereocenters. The Labute approximate surface area is 308 Å². The van der Waals surface area contributed by atoms with Crippen molar-refractivity contribution in [1.82, 2.24) is 5.32 Å². The van der Waals surface area contributed by atoms with Crippen molar-refractivity contribution in [2.24, 2.45) is 0 Å². The lowest BCUT2D eigenvalue weighted by Gasteiger charge is -2.22. The van der Waals surface area contributed by atoms with Gasteiger partial charge in [-0.3, -0.25) is 9.35 Å². The van der Waals surface area contributed by atoms with Crippen molar-refractivity contribution in [3.8, 4) is 0 Å². The van der Waals surface area contributed by atoms with Crippen LogP contribution in [0.25, 0.3) is 0 Å². The van der Waals surface area contributed by atoms with E-state index in [1.165, 1.54) is 141 Å². The Hall–Kier alpha value is -1.74. The summed E-state index contributed by atoms with van der Waals surface area (Å²) in [6.45, 7) is 4.49. The molecule has 1 amide bonds. The summed E-state index contributed by atoms with van der Waals surface area (Å²) in [6.07, 6.45) is 44.8. The molecule has 0 saturated carbocycles. The molecule has 0 aromatic rings. The highest BCUT2D eigenvalue weighted by Gasteiger charge is 2.27. The van der Waals surface area contributed by atoms with Gasteiger partial charge in [0.25, 0.3) is 10.1 Å². The zero-order valence-electron chi connectivity index (χ0n) is 32.1. The summed E-state index contributed by atoms with van der Waals surface area (Å²) in [6, 6.07) is -1.28. The lowest BCUT2D eigenvalue weighted by molar-refractivity contribution is -0.130. The molecule has 0 radical (unpaired) electrons. The highest BCUT2D eigenvalue weighted by molar-refractivity contribution is 7.85. The van der Waals surface area contributed by atoms with Crippen molar-refractivity contribution in [2.45, 2.75) is 205 Å². The first-order valence-electron chi connectivity index (χ1n) is 20.4. The van der Waals surface area contributed by atoms with Crippen molar-refractivity contribution < 1.29 is 28.0 Å². The van der Waals surface area contributed by atoms with Crippen LogP contribution in [0.1, 0.15) is 187 Å². The zero-order chi connectivity index (χ0) is 37.0. The molecule has 0 rings (SSSR count). The summed E-state index contributed by atoms with van der Waals surface area (Å²) in [4.78, 5) is 12.5. The lowest BCUT2D eigenvalue weighted by atomic mass is 10.0. The third-order valence-corrected chi connectivity index (χ3v) is 9.88. The third-order valence-electron chi connectivity index (χ3n) is 9.10. The molecule has 0 bridgehead atoms. The van der Waals surface area contributed by atoms with Gasteiger partial charge in [-0.25, -0.2) is 0 Å². The number of aliphatic hydroxyl groups excluding tert-OH is 2. The Morgan fingerprint density at radius 2 is 0.960 bits per heavy atom. The first kappa shape index (κ1) is 48.3. The van der Waals surface area contributed by atoms with Gasteiger partial charge in [0.05, 0.1) is 17.9 Å². The molecule has 8 heteroatoms. The Bertz CT molecular complexity index is 990. The molecule has 0 spiro atoms. The molecule has 0 aliphatic rings. The Morgan fingerprint density at radius 1 is 0.560 bits per heavy atom. The minimum atomic E-state index is -4.47. The predicted molar refractivity (Wildman–Crippen MR) is 213 cm³/mol. The Morgan fingerprint density at radius 3 is 1.44 bits per heavy atom. The summed E-state index contributed by atoms with van der Waals surface area (Å²) >= 11 is 0. The fourth-order valence-corrected chi connectivity index (χ4v) is 6.66. The van der Waals surface area contributed by atoms with Crippen molar-refractivity contribution in [3.05, 3.63) is 48.6 Å². The molecule has 50 heavy (non-hydrogen) atoms. The van der Waals surface area contributed by atoms with E-state index >= 15 is 0 Å². The Kier molecular flexibility index (Phi) is 34.4. The molecule has 0 aliphatic heterocycles. The van der Waals surface area contributed by atoms with E-state index in [1.807, 2.05) is 6.08 Å². The number of rotatable bonds is 36. The van der Waals surface area contributed by atoms with E-state index in [2.05, 4.69) is 43.5 Å². The maximum absolute atomic E-state index is 12.5. The monoisotopic (exact) mass is 724 g/mol. The second-order valence-corrected chi connectivity index (χ2v) is 15.6. The number of nitrogens with one attached hydrogen (secondary N) is 1. The molecule has 0 heterocycles. The molecule has 0 aromatic carbocycles. The van der Waals surface area contributed by atoms with Crippen LogP contribution in [0.2, 0.25) is 0 Å². The number of allylic oxidation sites excluding steroid dienone is 6. The molecule has 3 unspecified atom stereocenters. The zero-order valence-corrected chi connectivity index (χ0v) is 32.9. The number of aliphatic hydroxyl groups is 2. The van der Waals surface area contributed by atoms with Crippen LogP contribution in [0.15, 0.2) is 48.6 Å². The maximum atomic E-state index is 12.5. The number of unbranched alkanes of at least 4 members (excludes halogenated alkanes) is 22. The van der Waals surface area contributed by atoms with Gasteiger partial charge in [-0.1, -0.05) is 184 Å². The molecule has 0 aliphatic carbocycles. The van der Waals surface area contributed by atoms with Gasteiger partial charge >= 0.3 is 0 Å². The van der Waals surface area contributed by atoms with Gasteiger partial charge < -0.3 is 15.5 Å². The van der Waals surface area contributed by atoms with Crippen LogP contribution in [-0.4, -0.2) is 53.1 Å². The number of amides is 1. The van der Waals surface area contributed by atoms with Crippen LogP contribution in [-0.2, 0) is 14.9 Å². The van der Waals surface area contributed by atoms with Crippen LogP contribution in [0.5, 0.6) is 0 Å². The van der Waals surface area contributed by atoms with E-state index in [4.69, 9.17) is 0 Å². The summed E-state index contributed by atoms with van der Waals surface area (Å²) in [5, 5.41) is 23.2. The molecule has 292 valence electrons. The Balaban J connectivity index is 4.13. The van der Waals surface area contributed by atoms with Crippen LogP contribution in [0.3, 0.4) is 0 Å². The normalized spacial score (nSPS) is 14.4. The van der Waals surface area contributed by atoms with Crippen LogP contribution < -0.4 is 5.32 Å². The minimum absolute atomic E-state index is 0.0629. The topological polar surface area (TPSA) is 124 Å². The average molecular weight is 724 g/mol. The van der Waals surface area contributed by atoms with Crippen molar-refractivity contribution in [2.75, 3.05) is 5.75 Å². The van der Waals surface area contributed by atoms with Crippen LogP contribution in [0.4, 0.5) is 0 Å². The van der Waals surface area contributed by atoms with Gasteiger partial charge in [0.15, 0.2) is 0 Å². The minimum Gasteiger partial charge on any atom is -0.387 e. The smallest absolute Gasteiger partial charge is 0.267 e. The van der Waals surface area contributed by atoms with Gasteiger partial charge in [0, 0.05) is 6.42 Å². The van der Waals surface area contributed by atoms with Gasteiger partial charge in [-0.2, -0.15) is 8.42 Å². The van der Waals surface area contributed by atoms with Crippen LogP contribution in [0, 0.1) is 0 Å². The standard InChI is InChI=1S/C42H77NO6S/c1-3-5-7-9-11-13-15-17-18-19-20-21-22-23-24-25-27-28-30-32-34-36-40(44)39(38-50(47,48)49)43-42(46)41(45)37-35-33-31-29-26-16-14-12-10-8-6-4-2/h26-29,33-36,39-41,44-45H,3-25,30-32,37-38H2,1-2H3,(H,43,46)(H,47,48,49)/b28-27+,29-26-,35-33-,36-34+. The average Bonchev–Trinajstić information content (AvgIpc) is 3.08. The summed E-state index contributed by atoms with van der Waals surface area (Å²) < 4.78 is 32.4. The molecule has 0 aromatic heterocycles. The van der Waals surface area contributed by atoms with E-state index in [1.54, 1.807) is 12.2 Å². The van der Waals surface area contributed by atoms with E-state index in [0.717, 1.165) is 19.3 Å². The SMILES string of the molecule is CCCCCCCC/C=C\C/C=C\CC(O)C(=O)NC(CS(=O)(=O)O)C(O)/C=C/CC/C=C/CCCCCCCCCCCCCCCCC. The van der Waals surface area contributed by atoms with Gasteiger partial charge in [0.1, 0.15) is 6.10 Å². The second kappa shape index (κ2) is 35.7. The molecular weight excluding hydrogens is 647 g/mol. The molecule has 0 saturated heterocycles. The first-order valence-corrected chi connectivity index (χ1v) is 22.1. The highest BCUT2D eigenvalue weighted by Crippen LogP contribution is 2.14. The summed E-state index contributed by atoms with van der Waals surface area (Å²) in [7, 11) is -4.47. The summed E-state index contributed by atoms with van der Waals surface area (Å²) in [5.41, 5.74) is 0. The largest absolute Gasteiger partial charge is 0.387 e. The van der Waals surface area contributed by atoms with Gasteiger partial charge in [-0.15, -0.1) is 0 Å². The molecule has 7 nitrogen and oxygen atoms in total. The molecular formula is C42H77NO6S. The fourth-order valence-electron chi connectivity index (χ4n) is 5.93. The fraction of sp³-hybridized carbons (Fsp3) is 0.786. The number of carbonyl (C=O) groups excluding carboxylic acids is 1. The van der Waals surface area contributed by atoms with E-state index < -0.39 is 40.0 Å². The number of hydrogen-bond acceptors (Lipinski definition) is 5. The lowest BCUT2D eigenvalue weighted by Crippen LogP contribution is -2.50. The number of hydrogen-bond donors (Lipinski definition) is 4. The van der Waals surface area contributed by atoms with E-state index in [-0.39, 0.29) is 6.42 Å². The third kappa shape index (κ3) is 34.7. The van der Waals surface area contributed by atoms with E-state index in [9.17, 15) is 28.0 Å². The quantitative estimate of drug-likeness (QED) is 0.0290.